The number of hydrogen-bond acceptors (Lipinski definition) is 6. The molecule has 164 valence electrons. The number of sulfonamides is 1. The molecule has 2 N–H and O–H groups in total. The SMILES string of the molecule is CC(C)Oc1ccc(Cl)cc1-c1noc([C@H]2[C@H](c3ccc(S(N)(=O)=O)cc3)C2(C)C)n1. The minimum Gasteiger partial charge on any atom is -0.490 e. The Morgan fingerprint density at radius 2 is 1.81 bits per heavy atom. The van der Waals surface area contributed by atoms with Gasteiger partial charge >= 0.3 is 0 Å². The van der Waals surface area contributed by atoms with Crippen LogP contribution in [-0.4, -0.2) is 24.7 Å². The first-order valence-corrected chi connectivity index (χ1v) is 11.8. The van der Waals surface area contributed by atoms with Crippen molar-refractivity contribution in [2.24, 2.45) is 10.6 Å². The molecule has 0 amide bonds. The van der Waals surface area contributed by atoms with Crippen LogP contribution in [0.4, 0.5) is 0 Å². The van der Waals surface area contributed by atoms with E-state index in [9.17, 15) is 8.42 Å². The Morgan fingerprint density at radius 3 is 2.42 bits per heavy atom. The smallest absolute Gasteiger partial charge is 0.238 e. The Kier molecular flexibility index (Phi) is 5.36. The highest BCUT2D eigenvalue weighted by Gasteiger charge is 2.62. The van der Waals surface area contributed by atoms with Gasteiger partial charge in [0.2, 0.25) is 21.7 Å². The van der Waals surface area contributed by atoms with E-state index in [4.69, 9.17) is 26.0 Å². The van der Waals surface area contributed by atoms with E-state index >= 15 is 0 Å². The van der Waals surface area contributed by atoms with Gasteiger partial charge in [0.05, 0.1) is 22.5 Å². The molecule has 4 rings (SSSR count). The summed E-state index contributed by atoms with van der Waals surface area (Å²) in [6.45, 7) is 8.12. The molecular formula is C22H24ClN3O4S. The molecule has 31 heavy (non-hydrogen) atoms. The normalized spacial score (nSPS) is 20.1. The topological polar surface area (TPSA) is 108 Å². The summed E-state index contributed by atoms with van der Waals surface area (Å²) in [6, 6.07) is 11.9. The van der Waals surface area contributed by atoms with Gasteiger partial charge in [-0.05, 0) is 55.2 Å². The van der Waals surface area contributed by atoms with Crippen molar-refractivity contribution in [2.75, 3.05) is 0 Å². The molecule has 1 aliphatic carbocycles. The zero-order valence-electron chi connectivity index (χ0n) is 17.7. The third kappa shape index (κ3) is 4.20. The number of benzene rings is 2. The minimum absolute atomic E-state index is 0.00253. The second-order valence-electron chi connectivity index (χ2n) is 8.65. The van der Waals surface area contributed by atoms with Gasteiger partial charge in [0.25, 0.3) is 0 Å². The summed E-state index contributed by atoms with van der Waals surface area (Å²) in [6.07, 6.45) is -0.0154. The van der Waals surface area contributed by atoms with Crippen molar-refractivity contribution in [2.45, 2.75) is 50.5 Å². The average molecular weight is 462 g/mol. The number of ether oxygens (including phenoxy) is 1. The second kappa shape index (κ2) is 7.62. The van der Waals surface area contributed by atoms with Crippen molar-refractivity contribution >= 4 is 21.6 Å². The Labute approximate surface area is 186 Å². The molecule has 0 bridgehead atoms. The lowest BCUT2D eigenvalue weighted by Gasteiger charge is -2.12. The average Bonchev–Trinajstić information content (AvgIpc) is 3.00. The molecule has 1 heterocycles. The Bertz CT molecular complexity index is 1220. The van der Waals surface area contributed by atoms with Gasteiger partial charge in [-0.3, -0.25) is 0 Å². The third-order valence-electron chi connectivity index (χ3n) is 5.65. The maximum atomic E-state index is 11.5. The largest absolute Gasteiger partial charge is 0.490 e. The van der Waals surface area contributed by atoms with E-state index in [-0.39, 0.29) is 28.3 Å². The summed E-state index contributed by atoms with van der Waals surface area (Å²) >= 11 is 6.18. The molecule has 9 heteroatoms. The van der Waals surface area contributed by atoms with Crippen LogP contribution in [-0.2, 0) is 10.0 Å². The first-order chi connectivity index (χ1) is 14.5. The number of hydrogen-bond donors (Lipinski definition) is 1. The predicted molar refractivity (Wildman–Crippen MR) is 118 cm³/mol. The zero-order valence-corrected chi connectivity index (χ0v) is 19.2. The molecule has 3 aromatic rings. The molecule has 7 nitrogen and oxygen atoms in total. The van der Waals surface area contributed by atoms with Crippen molar-refractivity contribution in [1.82, 2.24) is 10.1 Å². The highest BCUT2D eigenvalue weighted by molar-refractivity contribution is 7.89. The van der Waals surface area contributed by atoms with Gasteiger partial charge in [-0.15, -0.1) is 0 Å². The van der Waals surface area contributed by atoms with Gasteiger partial charge in [0, 0.05) is 10.9 Å². The lowest BCUT2D eigenvalue weighted by atomic mass is 10.0. The lowest BCUT2D eigenvalue weighted by Crippen LogP contribution is -2.11. The fourth-order valence-electron chi connectivity index (χ4n) is 4.09. The van der Waals surface area contributed by atoms with Gasteiger partial charge < -0.3 is 9.26 Å². The summed E-state index contributed by atoms with van der Waals surface area (Å²) < 4.78 is 34.5. The maximum absolute atomic E-state index is 11.5. The van der Waals surface area contributed by atoms with Crippen LogP contribution < -0.4 is 9.88 Å². The van der Waals surface area contributed by atoms with Gasteiger partial charge in [-0.1, -0.05) is 42.7 Å². The van der Waals surface area contributed by atoms with Gasteiger partial charge in [-0.2, -0.15) is 4.98 Å². The summed E-state index contributed by atoms with van der Waals surface area (Å²) in [5.41, 5.74) is 1.54. The molecule has 2 atom stereocenters. The van der Waals surface area contributed by atoms with Crippen molar-refractivity contribution < 1.29 is 17.7 Å². The third-order valence-corrected chi connectivity index (χ3v) is 6.81. The van der Waals surface area contributed by atoms with Crippen LogP contribution in [0.25, 0.3) is 11.4 Å². The lowest BCUT2D eigenvalue weighted by molar-refractivity contribution is 0.243. The number of aromatic nitrogens is 2. The van der Waals surface area contributed by atoms with Crippen LogP contribution in [0, 0.1) is 5.41 Å². The Balaban J connectivity index is 1.64. The second-order valence-corrected chi connectivity index (χ2v) is 10.7. The van der Waals surface area contributed by atoms with Gasteiger partial charge in [0.1, 0.15) is 5.75 Å². The number of rotatable bonds is 6. The van der Waals surface area contributed by atoms with Gasteiger partial charge in [-0.25, -0.2) is 13.6 Å². The molecule has 1 aromatic heterocycles. The van der Waals surface area contributed by atoms with Crippen LogP contribution in [0.3, 0.4) is 0 Å². The van der Waals surface area contributed by atoms with E-state index < -0.39 is 10.0 Å². The van der Waals surface area contributed by atoms with Crippen LogP contribution in [0.5, 0.6) is 5.75 Å². The molecule has 1 fully saturated rings. The van der Waals surface area contributed by atoms with E-state index in [0.29, 0.717) is 28.1 Å². The van der Waals surface area contributed by atoms with Crippen LogP contribution in [0.1, 0.15) is 51.0 Å². The number of halogens is 1. The van der Waals surface area contributed by atoms with E-state index in [0.717, 1.165) is 5.56 Å². The molecule has 1 saturated carbocycles. The first kappa shape index (κ1) is 21.8. The first-order valence-electron chi connectivity index (χ1n) is 9.91. The van der Waals surface area contributed by atoms with Crippen molar-refractivity contribution in [3.63, 3.8) is 0 Å². The highest BCUT2D eigenvalue weighted by Crippen LogP contribution is 2.69. The molecule has 0 aliphatic heterocycles. The van der Waals surface area contributed by atoms with Crippen molar-refractivity contribution in [3.8, 4) is 17.1 Å². The molecule has 0 radical (unpaired) electrons. The van der Waals surface area contributed by atoms with E-state index in [1.54, 1.807) is 30.3 Å². The summed E-state index contributed by atoms with van der Waals surface area (Å²) in [4.78, 5) is 4.74. The highest BCUT2D eigenvalue weighted by atomic mass is 35.5. The monoisotopic (exact) mass is 461 g/mol. The minimum atomic E-state index is -3.73. The fraction of sp³-hybridized carbons (Fsp3) is 0.364. The van der Waals surface area contributed by atoms with Crippen LogP contribution in [0.2, 0.25) is 5.02 Å². The summed E-state index contributed by atoms with van der Waals surface area (Å²) in [5, 5.41) is 9.93. The van der Waals surface area contributed by atoms with Gasteiger partial charge in [0.15, 0.2) is 0 Å². The Hall–Kier alpha value is -2.42. The summed E-state index contributed by atoms with van der Waals surface area (Å²) in [5.74, 6) is 1.69. The van der Waals surface area contributed by atoms with E-state index in [1.807, 2.05) is 13.8 Å². The summed E-state index contributed by atoms with van der Waals surface area (Å²) in [7, 11) is -3.73. The zero-order chi connectivity index (χ0) is 22.6. The molecule has 0 saturated heterocycles. The predicted octanol–water partition coefficient (Wildman–Crippen LogP) is 4.73. The van der Waals surface area contributed by atoms with Crippen molar-refractivity contribution in [1.29, 1.82) is 0 Å². The number of nitrogens with two attached hydrogens (primary N) is 1. The Morgan fingerprint density at radius 1 is 1.13 bits per heavy atom. The molecule has 0 unspecified atom stereocenters. The van der Waals surface area contributed by atoms with Crippen molar-refractivity contribution in [3.05, 3.63) is 58.9 Å². The van der Waals surface area contributed by atoms with E-state index in [2.05, 4.69) is 24.0 Å². The fourth-order valence-corrected chi connectivity index (χ4v) is 4.78. The molecule has 1 aliphatic rings. The van der Waals surface area contributed by atoms with Crippen LogP contribution in [0.15, 0.2) is 51.9 Å². The number of primary sulfonamides is 1. The standard InChI is InChI=1S/C22H24ClN3O4S/c1-12(2)29-17-10-7-14(23)11-16(17)20-25-21(30-26-20)19-18(22(19,3)4)13-5-8-15(9-6-13)31(24,27)28/h5-12,18-19H,1-4H3,(H2,24,27,28)/t18-,19+/m0/s1. The maximum Gasteiger partial charge on any atom is 0.238 e. The molecular weight excluding hydrogens is 438 g/mol. The quantitative estimate of drug-likeness (QED) is 0.568. The van der Waals surface area contributed by atoms with Crippen LogP contribution >= 0.6 is 11.6 Å². The molecule has 2 aromatic carbocycles. The van der Waals surface area contributed by atoms with E-state index in [1.165, 1.54) is 12.1 Å². The number of nitrogens with zero attached hydrogens (tertiary/aromatic N) is 2. The molecule has 0 spiro atoms.